The zero-order chi connectivity index (χ0) is 19.2. The fourth-order valence-corrected chi connectivity index (χ4v) is 3.14. The lowest BCUT2D eigenvalue weighted by Gasteiger charge is -2.09. The molecule has 0 aliphatic heterocycles. The van der Waals surface area contributed by atoms with Crippen LogP contribution in [0.2, 0.25) is 5.02 Å². The minimum atomic E-state index is -0.272. The molecule has 0 spiro atoms. The van der Waals surface area contributed by atoms with E-state index in [-0.39, 0.29) is 18.6 Å². The third-order valence-corrected chi connectivity index (χ3v) is 4.47. The molecular formula is C20H19ClN2O3S. The van der Waals surface area contributed by atoms with Crippen molar-refractivity contribution in [3.8, 4) is 22.8 Å². The summed E-state index contributed by atoms with van der Waals surface area (Å²) in [6.07, 6.45) is 0.132. The van der Waals surface area contributed by atoms with Crippen LogP contribution in [0.4, 0.5) is 5.13 Å². The number of halogens is 1. The van der Waals surface area contributed by atoms with Crippen LogP contribution in [-0.2, 0) is 4.79 Å². The molecular weight excluding hydrogens is 384 g/mol. The SMILES string of the molecule is CC(C)Oc1ccc(-c2csc(NC(=O)COc3ccc(Cl)cc3)n2)cc1. The Morgan fingerprint density at radius 2 is 1.78 bits per heavy atom. The first-order valence-electron chi connectivity index (χ1n) is 8.40. The van der Waals surface area contributed by atoms with Crippen LogP contribution in [0, 0.1) is 0 Å². The van der Waals surface area contributed by atoms with E-state index in [1.54, 1.807) is 24.3 Å². The van der Waals surface area contributed by atoms with E-state index in [9.17, 15) is 4.79 Å². The Balaban J connectivity index is 1.55. The fourth-order valence-electron chi connectivity index (χ4n) is 2.28. The molecule has 3 rings (SSSR count). The predicted octanol–water partition coefficient (Wildman–Crippen LogP) is 5.27. The first kappa shape index (κ1) is 19.2. The van der Waals surface area contributed by atoms with E-state index >= 15 is 0 Å². The van der Waals surface area contributed by atoms with Crippen LogP contribution < -0.4 is 14.8 Å². The Morgan fingerprint density at radius 3 is 2.44 bits per heavy atom. The van der Waals surface area contributed by atoms with Gasteiger partial charge in [-0.1, -0.05) is 11.6 Å². The second kappa shape index (κ2) is 8.88. The van der Waals surface area contributed by atoms with Gasteiger partial charge in [0.05, 0.1) is 11.8 Å². The van der Waals surface area contributed by atoms with Gasteiger partial charge in [-0.2, -0.15) is 0 Å². The van der Waals surface area contributed by atoms with Crippen LogP contribution in [0.15, 0.2) is 53.9 Å². The smallest absolute Gasteiger partial charge is 0.264 e. The molecule has 0 atom stereocenters. The lowest BCUT2D eigenvalue weighted by atomic mass is 10.2. The Hall–Kier alpha value is -2.57. The number of amides is 1. The van der Waals surface area contributed by atoms with Crippen molar-refractivity contribution < 1.29 is 14.3 Å². The molecule has 0 aliphatic carbocycles. The number of anilines is 1. The summed E-state index contributed by atoms with van der Waals surface area (Å²) < 4.78 is 11.1. The highest BCUT2D eigenvalue weighted by Crippen LogP contribution is 2.26. The van der Waals surface area contributed by atoms with Crippen molar-refractivity contribution in [2.45, 2.75) is 20.0 Å². The average Bonchev–Trinajstić information content (AvgIpc) is 3.10. The highest BCUT2D eigenvalue weighted by Gasteiger charge is 2.09. The molecule has 1 heterocycles. The van der Waals surface area contributed by atoms with E-state index in [2.05, 4.69) is 10.3 Å². The molecule has 0 unspecified atom stereocenters. The number of rotatable bonds is 7. The molecule has 27 heavy (non-hydrogen) atoms. The number of thiazole rings is 1. The monoisotopic (exact) mass is 402 g/mol. The van der Waals surface area contributed by atoms with Crippen LogP contribution >= 0.6 is 22.9 Å². The van der Waals surface area contributed by atoms with Crippen molar-refractivity contribution in [3.05, 3.63) is 58.9 Å². The van der Waals surface area contributed by atoms with Crippen molar-refractivity contribution in [1.82, 2.24) is 4.98 Å². The summed E-state index contributed by atoms with van der Waals surface area (Å²) in [5.74, 6) is 1.13. The molecule has 0 fully saturated rings. The maximum atomic E-state index is 12.0. The number of hydrogen-bond donors (Lipinski definition) is 1. The molecule has 1 aromatic heterocycles. The molecule has 1 N–H and O–H groups in total. The van der Waals surface area contributed by atoms with Gasteiger partial charge >= 0.3 is 0 Å². The molecule has 0 saturated heterocycles. The summed E-state index contributed by atoms with van der Waals surface area (Å²) in [7, 11) is 0. The number of hydrogen-bond acceptors (Lipinski definition) is 5. The molecule has 5 nitrogen and oxygen atoms in total. The van der Waals surface area contributed by atoms with Crippen LogP contribution in [0.1, 0.15) is 13.8 Å². The third kappa shape index (κ3) is 5.70. The summed E-state index contributed by atoms with van der Waals surface area (Å²) in [6, 6.07) is 14.6. The van der Waals surface area contributed by atoms with E-state index in [0.29, 0.717) is 15.9 Å². The Bertz CT molecular complexity index is 892. The van der Waals surface area contributed by atoms with Crippen molar-refractivity contribution in [2.75, 3.05) is 11.9 Å². The summed E-state index contributed by atoms with van der Waals surface area (Å²) >= 11 is 7.18. The van der Waals surface area contributed by atoms with Gasteiger partial charge in [-0.3, -0.25) is 10.1 Å². The molecule has 1 amide bonds. The maximum absolute atomic E-state index is 12.0. The van der Waals surface area contributed by atoms with Gasteiger partial charge in [0.15, 0.2) is 11.7 Å². The van der Waals surface area contributed by atoms with Gasteiger partial charge in [0, 0.05) is 16.0 Å². The van der Waals surface area contributed by atoms with E-state index in [1.807, 2.05) is 43.5 Å². The molecule has 0 radical (unpaired) electrons. The van der Waals surface area contributed by atoms with Gasteiger partial charge in [-0.15, -0.1) is 11.3 Å². The van der Waals surface area contributed by atoms with Gasteiger partial charge in [-0.25, -0.2) is 4.98 Å². The van der Waals surface area contributed by atoms with Crippen molar-refractivity contribution >= 4 is 34.0 Å². The highest BCUT2D eigenvalue weighted by atomic mass is 35.5. The number of nitrogens with one attached hydrogen (secondary N) is 1. The molecule has 0 bridgehead atoms. The summed E-state index contributed by atoms with van der Waals surface area (Å²) in [5, 5.41) is 5.78. The van der Waals surface area contributed by atoms with Gasteiger partial charge in [-0.05, 0) is 62.4 Å². The predicted molar refractivity (Wildman–Crippen MR) is 109 cm³/mol. The minimum absolute atomic E-state index is 0.0994. The molecule has 7 heteroatoms. The molecule has 2 aromatic carbocycles. The molecule has 0 saturated carbocycles. The van der Waals surface area contributed by atoms with Crippen LogP contribution in [0.25, 0.3) is 11.3 Å². The average molecular weight is 403 g/mol. The number of carbonyl (C=O) groups excluding carboxylic acids is 1. The topological polar surface area (TPSA) is 60.5 Å². The van der Waals surface area contributed by atoms with Crippen LogP contribution in [0.3, 0.4) is 0 Å². The number of benzene rings is 2. The lowest BCUT2D eigenvalue weighted by Crippen LogP contribution is -2.20. The Kier molecular flexibility index (Phi) is 6.32. The van der Waals surface area contributed by atoms with Crippen molar-refractivity contribution in [1.29, 1.82) is 0 Å². The first-order valence-corrected chi connectivity index (χ1v) is 9.66. The zero-order valence-corrected chi connectivity index (χ0v) is 16.5. The minimum Gasteiger partial charge on any atom is -0.491 e. The Labute approximate surface area is 166 Å². The summed E-state index contributed by atoms with van der Waals surface area (Å²) in [4.78, 5) is 16.5. The summed E-state index contributed by atoms with van der Waals surface area (Å²) in [5.41, 5.74) is 1.75. The number of carbonyl (C=O) groups is 1. The van der Waals surface area contributed by atoms with Crippen molar-refractivity contribution in [2.24, 2.45) is 0 Å². The van der Waals surface area contributed by atoms with Crippen LogP contribution in [0.5, 0.6) is 11.5 Å². The quantitative estimate of drug-likeness (QED) is 0.585. The second-order valence-electron chi connectivity index (χ2n) is 6.02. The van der Waals surface area contributed by atoms with E-state index < -0.39 is 0 Å². The maximum Gasteiger partial charge on any atom is 0.264 e. The normalized spacial score (nSPS) is 10.7. The number of ether oxygens (including phenoxy) is 2. The van der Waals surface area contributed by atoms with Crippen molar-refractivity contribution in [3.63, 3.8) is 0 Å². The number of aromatic nitrogens is 1. The zero-order valence-electron chi connectivity index (χ0n) is 14.9. The van der Waals surface area contributed by atoms with Gasteiger partial charge in [0.1, 0.15) is 11.5 Å². The molecule has 0 aliphatic rings. The molecule has 3 aromatic rings. The van der Waals surface area contributed by atoms with E-state index in [1.165, 1.54) is 11.3 Å². The standard InChI is InChI=1S/C20H19ClN2O3S/c1-13(2)26-17-7-3-14(4-8-17)18-12-27-20(22-18)23-19(24)11-25-16-9-5-15(21)6-10-16/h3-10,12-13H,11H2,1-2H3,(H,22,23,24). The highest BCUT2D eigenvalue weighted by molar-refractivity contribution is 7.14. The van der Waals surface area contributed by atoms with E-state index in [4.69, 9.17) is 21.1 Å². The van der Waals surface area contributed by atoms with Gasteiger partial charge in [0.2, 0.25) is 0 Å². The van der Waals surface area contributed by atoms with Gasteiger partial charge in [0.25, 0.3) is 5.91 Å². The Morgan fingerprint density at radius 1 is 1.11 bits per heavy atom. The summed E-state index contributed by atoms with van der Waals surface area (Å²) in [6.45, 7) is 3.87. The lowest BCUT2D eigenvalue weighted by molar-refractivity contribution is -0.118. The van der Waals surface area contributed by atoms with E-state index in [0.717, 1.165) is 17.0 Å². The second-order valence-corrected chi connectivity index (χ2v) is 7.31. The number of nitrogens with zero attached hydrogens (tertiary/aromatic N) is 1. The van der Waals surface area contributed by atoms with Gasteiger partial charge < -0.3 is 9.47 Å². The molecule has 140 valence electrons. The van der Waals surface area contributed by atoms with Crippen LogP contribution in [-0.4, -0.2) is 23.6 Å². The third-order valence-electron chi connectivity index (χ3n) is 3.46. The largest absolute Gasteiger partial charge is 0.491 e. The fraction of sp³-hybridized carbons (Fsp3) is 0.200. The first-order chi connectivity index (χ1) is 13.0.